The van der Waals surface area contributed by atoms with Crippen LogP contribution in [0.1, 0.15) is 51.5 Å². The number of nitrogens with zero attached hydrogens (tertiary/aromatic N) is 1. The highest BCUT2D eigenvalue weighted by atomic mass is 35.5. The summed E-state index contributed by atoms with van der Waals surface area (Å²) in [4.78, 5) is 14.9. The van der Waals surface area contributed by atoms with Crippen molar-refractivity contribution in [3.63, 3.8) is 0 Å². The maximum atomic E-state index is 12.5. The van der Waals surface area contributed by atoms with Gasteiger partial charge >= 0.3 is 0 Å². The Bertz CT molecular complexity index is 501. The van der Waals surface area contributed by atoms with Crippen molar-refractivity contribution in [1.29, 1.82) is 0 Å². The molecule has 1 amide bonds. The number of piperidine rings is 1. The van der Waals surface area contributed by atoms with Crippen molar-refractivity contribution in [3.8, 4) is 0 Å². The average molecular weight is 354 g/mol. The molecule has 0 radical (unpaired) electrons. The van der Waals surface area contributed by atoms with E-state index in [1.165, 1.54) is 5.56 Å². The van der Waals surface area contributed by atoms with Gasteiger partial charge in [0.25, 0.3) is 0 Å². The Morgan fingerprint density at radius 1 is 1.29 bits per heavy atom. The SMILES string of the molecule is CCCN(CC(=O)Nc1ccccc1C(C)C)C1CCNCC1.Cl. The van der Waals surface area contributed by atoms with Gasteiger partial charge in [0.05, 0.1) is 6.54 Å². The number of para-hydroxylation sites is 1. The number of nitrogens with one attached hydrogen (secondary N) is 2. The first-order valence-corrected chi connectivity index (χ1v) is 8.95. The fourth-order valence-corrected chi connectivity index (χ4v) is 3.34. The standard InChI is InChI=1S/C19H31N3O.ClH/c1-4-13-22(16-9-11-20-12-10-16)14-19(23)21-18-8-6-5-7-17(18)15(2)3;/h5-8,15-16,20H,4,9-14H2,1-3H3,(H,21,23);1H. The quantitative estimate of drug-likeness (QED) is 0.786. The van der Waals surface area contributed by atoms with Gasteiger partial charge in [0.2, 0.25) is 5.91 Å². The number of carbonyl (C=O) groups is 1. The molecule has 4 nitrogen and oxygen atoms in total. The molecule has 0 atom stereocenters. The van der Waals surface area contributed by atoms with E-state index in [2.05, 4.69) is 42.4 Å². The van der Waals surface area contributed by atoms with Crippen molar-refractivity contribution < 1.29 is 4.79 Å². The van der Waals surface area contributed by atoms with Gasteiger partial charge in [0, 0.05) is 11.7 Å². The molecule has 0 unspecified atom stereocenters. The Hall–Kier alpha value is -1.10. The smallest absolute Gasteiger partial charge is 0.238 e. The Balaban J connectivity index is 0.00000288. The molecule has 2 rings (SSSR count). The molecule has 0 saturated carbocycles. The molecule has 5 heteroatoms. The predicted octanol–water partition coefficient (Wildman–Crippen LogP) is 3.63. The summed E-state index contributed by atoms with van der Waals surface area (Å²) in [6.07, 6.45) is 3.35. The summed E-state index contributed by atoms with van der Waals surface area (Å²) in [5, 5.41) is 6.52. The minimum atomic E-state index is 0. The molecule has 1 fully saturated rings. The van der Waals surface area contributed by atoms with E-state index in [1.54, 1.807) is 0 Å². The van der Waals surface area contributed by atoms with Crippen LogP contribution in [0.2, 0.25) is 0 Å². The number of hydrogen-bond donors (Lipinski definition) is 2. The molecular weight excluding hydrogens is 322 g/mol. The van der Waals surface area contributed by atoms with E-state index in [1.807, 2.05) is 18.2 Å². The Labute approximate surface area is 152 Å². The molecule has 1 aliphatic heterocycles. The van der Waals surface area contributed by atoms with E-state index >= 15 is 0 Å². The highest BCUT2D eigenvalue weighted by Gasteiger charge is 2.22. The summed E-state index contributed by atoms with van der Waals surface area (Å²) in [7, 11) is 0. The minimum Gasteiger partial charge on any atom is -0.325 e. The van der Waals surface area contributed by atoms with Crippen LogP contribution in [0.15, 0.2) is 24.3 Å². The maximum Gasteiger partial charge on any atom is 0.238 e. The van der Waals surface area contributed by atoms with Gasteiger partial charge in [0.15, 0.2) is 0 Å². The molecule has 1 aromatic rings. The maximum absolute atomic E-state index is 12.5. The fraction of sp³-hybridized carbons (Fsp3) is 0.632. The van der Waals surface area contributed by atoms with E-state index in [-0.39, 0.29) is 18.3 Å². The lowest BCUT2D eigenvalue weighted by molar-refractivity contribution is -0.118. The van der Waals surface area contributed by atoms with Crippen LogP contribution >= 0.6 is 12.4 Å². The minimum absolute atomic E-state index is 0. The second-order valence-corrected chi connectivity index (χ2v) is 6.74. The lowest BCUT2D eigenvalue weighted by Gasteiger charge is -2.34. The number of hydrogen-bond acceptors (Lipinski definition) is 3. The lowest BCUT2D eigenvalue weighted by atomic mass is 10.0. The van der Waals surface area contributed by atoms with Crippen molar-refractivity contribution in [2.45, 2.75) is 52.0 Å². The molecular formula is C19H32ClN3O. The van der Waals surface area contributed by atoms with Gasteiger partial charge in [-0.25, -0.2) is 0 Å². The molecule has 0 aliphatic carbocycles. The zero-order valence-electron chi connectivity index (χ0n) is 15.2. The Morgan fingerprint density at radius 2 is 1.96 bits per heavy atom. The third-order valence-corrected chi connectivity index (χ3v) is 4.54. The van der Waals surface area contributed by atoms with Crippen molar-refractivity contribution in [3.05, 3.63) is 29.8 Å². The van der Waals surface area contributed by atoms with Gasteiger partial charge in [-0.3, -0.25) is 9.69 Å². The first-order valence-electron chi connectivity index (χ1n) is 8.95. The van der Waals surface area contributed by atoms with Gasteiger partial charge in [-0.15, -0.1) is 12.4 Å². The zero-order valence-corrected chi connectivity index (χ0v) is 16.0. The highest BCUT2D eigenvalue weighted by molar-refractivity contribution is 5.93. The van der Waals surface area contributed by atoms with Gasteiger partial charge in [-0.1, -0.05) is 39.0 Å². The topological polar surface area (TPSA) is 44.4 Å². The summed E-state index contributed by atoms with van der Waals surface area (Å²) >= 11 is 0. The van der Waals surface area contributed by atoms with E-state index in [4.69, 9.17) is 0 Å². The van der Waals surface area contributed by atoms with Crippen molar-refractivity contribution in [1.82, 2.24) is 10.2 Å². The van der Waals surface area contributed by atoms with Crippen molar-refractivity contribution in [2.24, 2.45) is 0 Å². The summed E-state index contributed by atoms with van der Waals surface area (Å²) in [5.74, 6) is 0.507. The molecule has 1 aliphatic rings. The summed E-state index contributed by atoms with van der Waals surface area (Å²) in [6.45, 7) is 10.1. The van der Waals surface area contributed by atoms with Crippen LogP contribution in [0.5, 0.6) is 0 Å². The van der Waals surface area contributed by atoms with Crippen LogP contribution in [0.25, 0.3) is 0 Å². The Morgan fingerprint density at radius 3 is 2.58 bits per heavy atom. The monoisotopic (exact) mass is 353 g/mol. The number of rotatable bonds is 7. The zero-order chi connectivity index (χ0) is 16.7. The van der Waals surface area contributed by atoms with Gasteiger partial charge in [-0.2, -0.15) is 0 Å². The largest absolute Gasteiger partial charge is 0.325 e. The van der Waals surface area contributed by atoms with Crippen LogP contribution in [0.4, 0.5) is 5.69 Å². The molecule has 1 heterocycles. The summed E-state index contributed by atoms with van der Waals surface area (Å²) in [6, 6.07) is 8.64. The lowest BCUT2D eigenvalue weighted by Crippen LogP contribution is -2.46. The van der Waals surface area contributed by atoms with Crippen LogP contribution in [0, 0.1) is 0 Å². The van der Waals surface area contributed by atoms with Crippen LogP contribution < -0.4 is 10.6 Å². The molecule has 0 spiro atoms. The highest BCUT2D eigenvalue weighted by Crippen LogP contribution is 2.23. The first kappa shape index (κ1) is 20.9. The Kier molecular flexibility index (Phi) is 9.34. The third kappa shape index (κ3) is 6.08. The van der Waals surface area contributed by atoms with E-state index in [0.717, 1.165) is 44.6 Å². The number of amides is 1. The van der Waals surface area contributed by atoms with Crippen molar-refractivity contribution in [2.75, 3.05) is 31.5 Å². The molecule has 2 N–H and O–H groups in total. The number of carbonyl (C=O) groups excluding carboxylic acids is 1. The van der Waals surface area contributed by atoms with Crippen LogP contribution in [-0.2, 0) is 4.79 Å². The summed E-state index contributed by atoms with van der Waals surface area (Å²) < 4.78 is 0. The average Bonchev–Trinajstić information content (AvgIpc) is 2.55. The van der Waals surface area contributed by atoms with Gasteiger partial charge < -0.3 is 10.6 Å². The van der Waals surface area contributed by atoms with E-state index < -0.39 is 0 Å². The van der Waals surface area contributed by atoms with Gasteiger partial charge in [0.1, 0.15) is 0 Å². The third-order valence-electron chi connectivity index (χ3n) is 4.54. The molecule has 0 bridgehead atoms. The van der Waals surface area contributed by atoms with Gasteiger partial charge in [-0.05, 0) is 56.4 Å². The predicted molar refractivity (Wildman–Crippen MR) is 104 cm³/mol. The molecule has 1 aromatic carbocycles. The number of anilines is 1. The molecule has 24 heavy (non-hydrogen) atoms. The fourth-order valence-electron chi connectivity index (χ4n) is 3.34. The second-order valence-electron chi connectivity index (χ2n) is 6.74. The number of halogens is 1. The summed E-state index contributed by atoms with van der Waals surface area (Å²) in [5.41, 5.74) is 2.15. The van der Waals surface area contributed by atoms with Crippen LogP contribution in [-0.4, -0.2) is 43.0 Å². The van der Waals surface area contributed by atoms with Crippen molar-refractivity contribution >= 4 is 24.0 Å². The van der Waals surface area contributed by atoms with Crippen LogP contribution in [0.3, 0.4) is 0 Å². The van der Waals surface area contributed by atoms with E-state index in [9.17, 15) is 4.79 Å². The number of benzene rings is 1. The van der Waals surface area contributed by atoms with E-state index in [0.29, 0.717) is 18.5 Å². The molecule has 0 aromatic heterocycles. The normalized spacial score (nSPS) is 15.4. The first-order chi connectivity index (χ1) is 11.1. The molecule has 1 saturated heterocycles. The molecule has 136 valence electrons. The second kappa shape index (κ2) is 10.7.